The predicted octanol–water partition coefficient (Wildman–Crippen LogP) is 34.3. The minimum atomic E-state index is 0.173. The van der Waals surface area contributed by atoms with Crippen molar-refractivity contribution in [2.24, 2.45) is 0 Å². The van der Waals surface area contributed by atoms with Gasteiger partial charge in [-0.3, -0.25) is 0 Å². The molecule has 124 heavy (non-hydrogen) atoms. The Morgan fingerprint density at radius 1 is 0.226 bits per heavy atom. The molecule has 2 atom stereocenters. The van der Waals surface area contributed by atoms with E-state index in [1.165, 1.54) is 77.9 Å². The zero-order valence-electron chi connectivity index (χ0n) is 74.8. The Hall–Kier alpha value is -13.7. The second-order valence-electron chi connectivity index (χ2n) is 33.4. The van der Waals surface area contributed by atoms with Crippen LogP contribution in [0.2, 0.25) is 0 Å². The highest BCUT2D eigenvalue weighted by atomic mass is 16.5. The molecule has 0 bridgehead atoms. The first-order valence-corrected chi connectivity index (χ1v) is 44.0. The maximum Gasteiger partial charge on any atom is 0.119 e. The van der Waals surface area contributed by atoms with E-state index < -0.39 is 0 Å². The summed E-state index contributed by atoms with van der Waals surface area (Å²) in [5, 5.41) is 0. The summed E-state index contributed by atoms with van der Waals surface area (Å²) in [6.45, 7) is 27.0. The molecule has 16 aromatic carbocycles. The van der Waals surface area contributed by atoms with Gasteiger partial charge in [-0.15, -0.1) is 0 Å². The fourth-order valence-corrected chi connectivity index (χ4v) is 15.3. The average Bonchev–Trinajstić information content (AvgIpc) is 0.805. The number of aryl methyl sites for hydroxylation is 2. The van der Waals surface area contributed by atoms with Gasteiger partial charge in [0.25, 0.3) is 0 Å². The normalized spacial score (nSPS) is 11.5. The zero-order chi connectivity index (χ0) is 87.0. The third-order valence-corrected chi connectivity index (χ3v) is 24.4. The second kappa shape index (κ2) is 42.2. The number of anilines is 12. The van der Waals surface area contributed by atoms with Crippen LogP contribution in [-0.2, 0) is 10.8 Å². The third-order valence-electron chi connectivity index (χ3n) is 24.4. The SMILES string of the molecule is CCC(C)(C)c1ccc(N(c2ccc(C)cc2)c2ccc(OC)cc2)cc1.CCC(C)(C)c1cccc(-c2ccc(N(c3ccccc3)c3ccc(-c4ccccc4)cc3)cc2)c1.CCC(C)c1ccc(N(c2ccc(C)cc2)c2ccc(OC)cc2)cc1.CCC(C)c1cccc(-c2ccc(N(c3ccccc3)c3ccc(-c4ccccc4)cc3)cc2)c1. The summed E-state index contributed by atoms with van der Waals surface area (Å²) >= 11 is 0. The molecule has 6 nitrogen and oxygen atoms in total. The first kappa shape index (κ1) is 88.1. The van der Waals surface area contributed by atoms with E-state index in [0.717, 1.165) is 105 Å². The van der Waals surface area contributed by atoms with Gasteiger partial charge in [0.2, 0.25) is 0 Å². The van der Waals surface area contributed by atoms with Crippen molar-refractivity contribution in [3.05, 3.63) is 446 Å². The molecule has 2 unspecified atom stereocenters. The molecule has 0 aromatic heterocycles. The third kappa shape index (κ3) is 22.3. The molecule has 0 radical (unpaired) electrons. The van der Waals surface area contributed by atoms with Crippen molar-refractivity contribution in [3.8, 4) is 56.0 Å². The van der Waals surface area contributed by atoms with Crippen LogP contribution in [0.5, 0.6) is 11.5 Å². The van der Waals surface area contributed by atoms with Crippen molar-refractivity contribution in [3.63, 3.8) is 0 Å². The second-order valence-corrected chi connectivity index (χ2v) is 33.4. The van der Waals surface area contributed by atoms with E-state index in [1.807, 2.05) is 24.3 Å². The van der Waals surface area contributed by atoms with Crippen molar-refractivity contribution >= 4 is 68.2 Å². The van der Waals surface area contributed by atoms with Crippen molar-refractivity contribution in [1.82, 2.24) is 0 Å². The van der Waals surface area contributed by atoms with Crippen LogP contribution >= 0.6 is 0 Å². The van der Waals surface area contributed by atoms with E-state index in [2.05, 4.69) is 491 Å². The average molecular weight is 1630 g/mol. The van der Waals surface area contributed by atoms with E-state index in [0.29, 0.717) is 11.8 Å². The molecule has 0 heterocycles. The Kier molecular flexibility index (Phi) is 30.0. The number of methoxy groups -OCH3 is 2. The number of hydrogen-bond acceptors (Lipinski definition) is 6. The molecule has 0 saturated heterocycles. The molecule has 0 amide bonds. The van der Waals surface area contributed by atoms with Crippen molar-refractivity contribution < 1.29 is 9.47 Å². The Labute approximate surface area is 740 Å². The first-order chi connectivity index (χ1) is 60.3. The molecule has 0 spiro atoms. The van der Waals surface area contributed by atoms with Gasteiger partial charge in [-0.25, -0.2) is 0 Å². The highest BCUT2D eigenvalue weighted by molar-refractivity contribution is 5.84. The Balaban J connectivity index is 0.000000144. The smallest absolute Gasteiger partial charge is 0.119 e. The summed E-state index contributed by atoms with van der Waals surface area (Å²) in [4.78, 5) is 9.18. The van der Waals surface area contributed by atoms with E-state index in [4.69, 9.17) is 9.47 Å². The van der Waals surface area contributed by atoms with Gasteiger partial charge in [0.05, 0.1) is 14.2 Å². The summed E-state index contributed by atoms with van der Waals surface area (Å²) in [6.07, 6.45) is 4.54. The van der Waals surface area contributed by atoms with Crippen LogP contribution in [0.1, 0.15) is 140 Å². The summed E-state index contributed by atoms with van der Waals surface area (Å²) < 4.78 is 10.6. The van der Waals surface area contributed by atoms with Gasteiger partial charge in [0, 0.05) is 68.2 Å². The monoisotopic (exact) mass is 1620 g/mol. The molecule has 0 fully saturated rings. The van der Waals surface area contributed by atoms with Crippen molar-refractivity contribution in [2.75, 3.05) is 33.8 Å². The number of para-hydroxylation sites is 2. The van der Waals surface area contributed by atoms with Crippen LogP contribution in [0.25, 0.3) is 44.5 Å². The molecule has 16 rings (SSSR count). The quantitative estimate of drug-likeness (QED) is 0.0537. The lowest BCUT2D eigenvalue weighted by molar-refractivity contribution is 0.414. The zero-order valence-corrected chi connectivity index (χ0v) is 74.8. The number of rotatable bonds is 26. The van der Waals surface area contributed by atoms with Gasteiger partial charge >= 0.3 is 0 Å². The summed E-state index contributed by atoms with van der Waals surface area (Å²) in [5.41, 5.74) is 32.0. The van der Waals surface area contributed by atoms with E-state index >= 15 is 0 Å². The largest absolute Gasteiger partial charge is 0.497 e. The molecule has 6 heteroatoms. The number of hydrogen-bond donors (Lipinski definition) is 0. The van der Waals surface area contributed by atoms with Crippen LogP contribution in [0.4, 0.5) is 68.2 Å². The number of nitrogens with zero attached hydrogens (tertiary/aromatic N) is 4. The summed E-state index contributed by atoms with van der Waals surface area (Å²) in [6, 6.07) is 147. The maximum absolute atomic E-state index is 5.32. The molecule has 624 valence electrons. The predicted molar refractivity (Wildman–Crippen MR) is 533 cm³/mol. The lowest BCUT2D eigenvalue weighted by Crippen LogP contribution is -2.16. The summed E-state index contributed by atoms with van der Waals surface area (Å²) in [7, 11) is 3.39. The van der Waals surface area contributed by atoms with Gasteiger partial charge < -0.3 is 29.1 Å². The van der Waals surface area contributed by atoms with Gasteiger partial charge in [0.15, 0.2) is 0 Å². The van der Waals surface area contributed by atoms with Crippen LogP contribution < -0.4 is 29.1 Å². The van der Waals surface area contributed by atoms with E-state index in [9.17, 15) is 0 Å². The lowest BCUT2D eigenvalue weighted by Gasteiger charge is -2.28. The highest BCUT2D eigenvalue weighted by Crippen LogP contribution is 2.43. The molecule has 0 saturated carbocycles. The van der Waals surface area contributed by atoms with Crippen molar-refractivity contribution in [1.29, 1.82) is 0 Å². The van der Waals surface area contributed by atoms with Crippen LogP contribution in [-0.4, -0.2) is 14.2 Å². The molecule has 0 aliphatic heterocycles. The topological polar surface area (TPSA) is 31.4 Å². The van der Waals surface area contributed by atoms with Gasteiger partial charge in [-0.05, 0) is 299 Å². The Morgan fingerprint density at radius 2 is 0.468 bits per heavy atom. The van der Waals surface area contributed by atoms with Crippen LogP contribution in [0, 0.1) is 13.8 Å². The maximum atomic E-state index is 5.32. The Morgan fingerprint density at radius 3 is 0.790 bits per heavy atom. The number of ether oxygens (including phenoxy) is 2. The van der Waals surface area contributed by atoms with Gasteiger partial charge in [-0.1, -0.05) is 323 Å². The Bertz CT molecular complexity index is 5900. The molecule has 0 N–H and O–H groups in total. The van der Waals surface area contributed by atoms with Gasteiger partial charge in [-0.2, -0.15) is 0 Å². The van der Waals surface area contributed by atoms with Gasteiger partial charge in [0.1, 0.15) is 11.5 Å². The van der Waals surface area contributed by atoms with E-state index in [-0.39, 0.29) is 10.8 Å². The molecule has 0 aliphatic carbocycles. The molecular weight excluding hydrogens is 1510 g/mol. The van der Waals surface area contributed by atoms with E-state index in [1.54, 1.807) is 14.2 Å². The standard InChI is InChI=1S/C35H33N.C34H31N.C25H29NO.C24H27NO/c1-4-35(2,3)31-15-11-14-30(26-31)29-20-24-34(25-21-29)36(32-16-9-6-10-17-32)33-22-18-28(19-23-33)27-12-7-5-8-13-27;1-3-26(2)30-13-10-14-31(25-30)29-19-23-34(24-20-29)35(32-15-8-5-9-16-32)33-21-17-28(18-22-33)27-11-6-4-7-12-27;1-6-25(3,4)20-9-13-22(14-10-20)26(21-11-7-19(2)8-12-21)23-15-17-24(27-5)18-16-23;1-5-19(3)20-8-12-22(13-9-20)25(21-10-6-18(2)7-11-21)23-14-16-24(26-4)17-15-23/h5-26H,4H2,1-3H3;4-26H,3H2,1-2H3;7-18H,6H2,1-5H3;6-17,19H,5H2,1-4H3. The van der Waals surface area contributed by atoms with Crippen molar-refractivity contribution in [2.45, 2.75) is 131 Å². The lowest BCUT2D eigenvalue weighted by atomic mass is 9.81. The van der Waals surface area contributed by atoms with Crippen LogP contribution in [0.3, 0.4) is 0 Å². The minimum Gasteiger partial charge on any atom is -0.497 e. The number of benzene rings is 16. The summed E-state index contributed by atoms with van der Waals surface area (Å²) in [5.74, 6) is 2.88. The first-order valence-electron chi connectivity index (χ1n) is 44.0. The van der Waals surface area contributed by atoms with Crippen LogP contribution in [0.15, 0.2) is 413 Å². The fourth-order valence-electron chi connectivity index (χ4n) is 15.3. The molecule has 16 aromatic rings. The minimum absolute atomic E-state index is 0.173. The fraction of sp³-hybridized carbons (Fsp3) is 0.186. The molecular formula is C118H120N4O2. The molecule has 0 aliphatic rings. The highest BCUT2D eigenvalue weighted by Gasteiger charge is 2.23.